The molecule has 0 aliphatic heterocycles. The Morgan fingerprint density at radius 2 is 1.44 bits per heavy atom. The zero-order chi connectivity index (χ0) is 30.4. The quantitative estimate of drug-likeness (QED) is 0.221. The topological polar surface area (TPSA) is 163 Å². The third-order valence-electron chi connectivity index (χ3n) is 6.01. The summed E-state index contributed by atoms with van der Waals surface area (Å²) in [5.74, 6) is -1.39. The lowest BCUT2D eigenvalue weighted by molar-refractivity contribution is -0.128. The lowest BCUT2D eigenvalue weighted by Gasteiger charge is -2.32. The van der Waals surface area contributed by atoms with E-state index in [1.165, 1.54) is 4.90 Å². The standard InChI is InChI=1S/C30H43N5O6/c1-20(2)17-35(29(39)32-21(3)4)18-26(36)24(15-22-11-7-5-8-12-22)33-28(38)25(16-27(31)37)34-30(40)41-19-23-13-9-6-10-14-23/h5-14,20-21,24-26,36H,15-19H2,1-4H3,(H2,31,37)(H,32,39)(H,33,38)(H,34,40)/t24-,25-,26?/m0/s1. The Kier molecular flexibility index (Phi) is 13.6. The Morgan fingerprint density at radius 3 is 1.98 bits per heavy atom. The van der Waals surface area contributed by atoms with Crippen LogP contribution in [-0.2, 0) is 27.4 Å². The van der Waals surface area contributed by atoms with Crippen LogP contribution in [0.5, 0.6) is 0 Å². The molecule has 0 spiro atoms. The number of aliphatic hydroxyl groups is 1. The molecule has 5 amide bonds. The highest BCUT2D eigenvalue weighted by molar-refractivity contribution is 5.90. The summed E-state index contributed by atoms with van der Waals surface area (Å²) in [5, 5.41) is 19.3. The van der Waals surface area contributed by atoms with Gasteiger partial charge >= 0.3 is 12.1 Å². The number of hydrogen-bond donors (Lipinski definition) is 5. The zero-order valence-corrected chi connectivity index (χ0v) is 24.2. The number of amides is 5. The Balaban J connectivity index is 2.20. The summed E-state index contributed by atoms with van der Waals surface area (Å²) in [6, 6.07) is 15.6. The maximum absolute atomic E-state index is 13.3. The molecule has 0 aromatic heterocycles. The monoisotopic (exact) mass is 569 g/mol. The molecular weight excluding hydrogens is 526 g/mol. The van der Waals surface area contributed by atoms with Crippen molar-refractivity contribution in [3.8, 4) is 0 Å². The summed E-state index contributed by atoms with van der Waals surface area (Å²) in [4.78, 5) is 51.9. The summed E-state index contributed by atoms with van der Waals surface area (Å²) in [6.07, 6.45) is -2.31. The largest absolute Gasteiger partial charge is 0.445 e. The number of aliphatic hydroxyl groups excluding tert-OH is 1. The lowest BCUT2D eigenvalue weighted by atomic mass is 9.99. The van der Waals surface area contributed by atoms with Crippen molar-refractivity contribution in [1.29, 1.82) is 0 Å². The van der Waals surface area contributed by atoms with E-state index in [0.717, 1.165) is 11.1 Å². The number of benzene rings is 2. The van der Waals surface area contributed by atoms with E-state index in [9.17, 15) is 24.3 Å². The second-order valence-electron chi connectivity index (χ2n) is 10.7. The third kappa shape index (κ3) is 12.7. The SMILES string of the molecule is CC(C)CN(CC(O)[C@H](Cc1ccccc1)NC(=O)[C@H](CC(N)=O)NC(=O)OCc1ccccc1)C(=O)NC(C)C. The van der Waals surface area contributed by atoms with Crippen LogP contribution in [-0.4, -0.2) is 71.3 Å². The van der Waals surface area contributed by atoms with Gasteiger partial charge in [-0.15, -0.1) is 0 Å². The van der Waals surface area contributed by atoms with Gasteiger partial charge in [-0.25, -0.2) is 9.59 Å². The first kappa shape index (κ1) is 33.1. The minimum atomic E-state index is -1.34. The van der Waals surface area contributed by atoms with Crippen molar-refractivity contribution in [1.82, 2.24) is 20.9 Å². The van der Waals surface area contributed by atoms with Crippen LogP contribution in [0.4, 0.5) is 9.59 Å². The van der Waals surface area contributed by atoms with Crippen molar-refractivity contribution in [2.45, 2.75) is 71.4 Å². The summed E-state index contributed by atoms with van der Waals surface area (Å²) < 4.78 is 5.20. The molecule has 11 nitrogen and oxygen atoms in total. The number of carbonyl (C=O) groups is 4. The maximum Gasteiger partial charge on any atom is 0.408 e. The Morgan fingerprint density at radius 1 is 0.854 bits per heavy atom. The predicted molar refractivity (Wildman–Crippen MR) is 156 cm³/mol. The molecule has 0 fully saturated rings. The number of ether oxygens (including phenoxy) is 1. The molecule has 0 aliphatic rings. The molecule has 2 aromatic carbocycles. The molecule has 0 bridgehead atoms. The molecule has 0 aliphatic carbocycles. The van der Waals surface area contributed by atoms with Crippen LogP contribution in [0.15, 0.2) is 60.7 Å². The number of hydrogen-bond acceptors (Lipinski definition) is 6. The minimum Gasteiger partial charge on any atom is -0.445 e. The van der Waals surface area contributed by atoms with Gasteiger partial charge in [-0.1, -0.05) is 74.5 Å². The Labute approximate surface area is 241 Å². The fourth-order valence-electron chi connectivity index (χ4n) is 4.12. The van der Waals surface area contributed by atoms with Crippen LogP contribution in [0.25, 0.3) is 0 Å². The molecule has 0 saturated carbocycles. The van der Waals surface area contributed by atoms with Gasteiger partial charge in [0.15, 0.2) is 0 Å². The molecule has 2 aromatic rings. The Hall–Kier alpha value is -4.12. The van der Waals surface area contributed by atoms with Crippen molar-refractivity contribution in [3.63, 3.8) is 0 Å². The van der Waals surface area contributed by atoms with Gasteiger partial charge in [0, 0.05) is 12.6 Å². The first-order valence-electron chi connectivity index (χ1n) is 13.8. The van der Waals surface area contributed by atoms with E-state index in [1.54, 1.807) is 24.3 Å². The molecule has 6 N–H and O–H groups in total. The number of alkyl carbamates (subject to hydrolysis) is 1. The summed E-state index contributed by atoms with van der Waals surface area (Å²) in [5.41, 5.74) is 6.94. The van der Waals surface area contributed by atoms with Crippen LogP contribution < -0.4 is 21.7 Å². The number of nitrogens with two attached hydrogens (primary N) is 1. The average molecular weight is 570 g/mol. The molecule has 2 rings (SSSR count). The van der Waals surface area contributed by atoms with Crippen molar-refractivity contribution in [2.75, 3.05) is 13.1 Å². The fraction of sp³-hybridized carbons (Fsp3) is 0.467. The number of rotatable bonds is 15. The van der Waals surface area contributed by atoms with Gasteiger partial charge in [0.25, 0.3) is 0 Å². The zero-order valence-electron chi connectivity index (χ0n) is 24.2. The third-order valence-corrected chi connectivity index (χ3v) is 6.01. The van der Waals surface area contributed by atoms with Crippen molar-refractivity contribution in [3.05, 3.63) is 71.8 Å². The molecular formula is C30H43N5O6. The van der Waals surface area contributed by atoms with Crippen LogP contribution in [0.3, 0.4) is 0 Å². The molecule has 41 heavy (non-hydrogen) atoms. The molecule has 0 radical (unpaired) electrons. The van der Waals surface area contributed by atoms with Crippen LogP contribution >= 0.6 is 0 Å². The highest BCUT2D eigenvalue weighted by Gasteiger charge is 2.31. The number of nitrogens with one attached hydrogen (secondary N) is 3. The van der Waals surface area contributed by atoms with E-state index in [2.05, 4.69) is 16.0 Å². The fourth-order valence-corrected chi connectivity index (χ4v) is 4.12. The predicted octanol–water partition coefficient (Wildman–Crippen LogP) is 2.32. The highest BCUT2D eigenvalue weighted by Crippen LogP contribution is 2.11. The van der Waals surface area contributed by atoms with Crippen molar-refractivity contribution in [2.24, 2.45) is 11.7 Å². The lowest BCUT2D eigenvalue weighted by Crippen LogP contribution is -2.57. The molecule has 0 saturated heterocycles. The average Bonchev–Trinajstić information content (AvgIpc) is 2.91. The Bertz CT molecular complexity index is 1110. The highest BCUT2D eigenvalue weighted by atomic mass is 16.5. The van der Waals surface area contributed by atoms with E-state index in [-0.39, 0.29) is 37.6 Å². The molecule has 11 heteroatoms. The second kappa shape index (κ2) is 16.9. The van der Waals surface area contributed by atoms with Crippen LogP contribution in [0.2, 0.25) is 0 Å². The summed E-state index contributed by atoms with van der Waals surface area (Å²) in [7, 11) is 0. The van der Waals surface area contributed by atoms with Crippen LogP contribution in [0.1, 0.15) is 45.2 Å². The van der Waals surface area contributed by atoms with Gasteiger partial charge in [0.2, 0.25) is 11.8 Å². The maximum atomic E-state index is 13.3. The van der Waals surface area contributed by atoms with E-state index < -0.39 is 42.5 Å². The van der Waals surface area contributed by atoms with Gasteiger partial charge in [-0.3, -0.25) is 9.59 Å². The normalized spacial score (nSPS) is 13.1. The van der Waals surface area contributed by atoms with E-state index in [0.29, 0.717) is 6.54 Å². The van der Waals surface area contributed by atoms with Gasteiger partial charge in [-0.05, 0) is 37.3 Å². The molecule has 1 unspecified atom stereocenters. The number of primary amides is 1. The molecule has 224 valence electrons. The van der Waals surface area contributed by atoms with E-state index in [4.69, 9.17) is 10.5 Å². The van der Waals surface area contributed by atoms with Gasteiger partial charge in [0.1, 0.15) is 12.6 Å². The van der Waals surface area contributed by atoms with Crippen LogP contribution in [0, 0.1) is 5.92 Å². The van der Waals surface area contributed by atoms with Gasteiger partial charge in [0.05, 0.1) is 25.1 Å². The first-order valence-corrected chi connectivity index (χ1v) is 13.8. The van der Waals surface area contributed by atoms with Gasteiger partial charge in [-0.2, -0.15) is 0 Å². The first-order chi connectivity index (χ1) is 19.4. The molecule has 3 atom stereocenters. The number of nitrogens with zero attached hydrogens (tertiary/aromatic N) is 1. The minimum absolute atomic E-state index is 0.0307. The van der Waals surface area contributed by atoms with E-state index >= 15 is 0 Å². The van der Waals surface area contributed by atoms with Crippen molar-refractivity contribution < 1.29 is 29.0 Å². The summed E-state index contributed by atoms with van der Waals surface area (Å²) >= 11 is 0. The van der Waals surface area contributed by atoms with E-state index in [1.807, 2.05) is 64.1 Å². The van der Waals surface area contributed by atoms with Crippen molar-refractivity contribution >= 4 is 23.9 Å². The second-order valence-corrected chi connectivity index (χ2v) is 10.7. The number of urea groups is 1. The summed E-state index contributed by atoms with van der Waals surface area (Å²) in [6.45, 7) is 7.91. The smallest absolute Gasteiger partial charge is 0.408 e. The molecule has 0 heterocycles. The number of carbonyl (C=O) groups excluding carboxylic acids is 4. The van der Waals surface area contributed by atoms with Gasteiger partial charge < -0.3 is 36.4 Å².